The summed E-state index contributed by atoms with van der Waals surface area (Å²) in [7, 11) is -3.23. The molecule has 0 unspecified atom stereocenters. The number of pyridine rings is 1. The molecule has 1 saturated heterocycles. The number of carbonyl (C=O) groups excluding carboxylic acids is 1. The van der Waals surface area contributed by atoms with E-state index in [1.807, 2.05) is 6.07 Å². The Kier molecular flexibility index (Phi) is 4.82. The van der Waals surface area contributed by atoms with Crippen molar-refractivity contribution in [2.75, 3.05) is 16.6 Å². The van der Waals surface area contributed by atoms with Gasteiger partial charge in [-0.05, 0) is 42.8 Å². The van der Waals surface area contributed by atoms with E-state index in [9.17, 15) is 13.2 Å². The van der Waals surface area contributed by atoms with Gasteiger partial charge in [0, 0.05) is 42.8 Å². The molecule has 8 nitrogen and oxygen atoms in total. The molecule has 0 radical (unpaired) electrons. The summed E-state index contributed by atoms with van der Waals surface area (Å²) in [6.45, 7) is 0.773. The maximum absolute atomic E-state index is 12.5. The van der Waals surface area contributed by atoms with Crippen LogP contribution in [0.5, 0.6) is 0 Å². The molecule has 28 heavy (non-hydrogen) atoms. The third-order valence-electron chi connectivity index (χ3n) is 4.55. The van der Waals surface area contributed by atoms with Crippen molar-refractivity contribution < 1.29 is 13.2 Å². The first kappa shape index (κ1) is 18.2. The highest BCUT2D eigenvalue weighted by molar-refractivity contribution is 7.93. The van der Waals surface area contributed by atoms with Gasteiger partial charge in [0.1, 0.15) is 0 Å². The summed E-state index contributed by atoms with van der Waals surface area (Å²) >= 11 is 0. The van der Waals surface area contributed by atoms with E-state index < -0.39 is 10.0 Å². The van der Waals surface area contributed by atoms with Crippen molar-refractivity contribution in [3.05, 3.63) is 72.2 Å². The van der Waals surface area contributed by atoms with E-state index in [0.29, 0.717) is 36.6 Å². The molecule has 0 spiro atoms. The number of amides is 1. The zero-order chi connectivity index (χ0) is 19.6. The molecule has 0 bridgehead atoms. The van der Waals surface area contributed by atoms with Gasteiger partial charge < -0.3 is 5.32 Å². The second-order valence-corrected chi connectivity index (χ2v) is 8.42. The molecule has 3 heterocycles. The molecule has 144 valence electrons. The number of sulfonamides is 1. The predicted octanol–water partition coefficient (Wildman–Crippen LogP) is 1.74. The van der Waals surface area contributed by atoms with E-state index in [-0.39, 0.29) is 11.7 Å². The molecule has 3 aromatic rings. The number of benzene rings is 1. The largest absolute Gasteiger partial charge is 0.348 e. The first-order valence-electron chi connectivity index (χ1n) is 8.87. The number of anilines is 1. The molecule has 1 N–H and O–H groups in total. The van der Waals surface area contributed by atoms with Crippen molar-refractivity contribution in [2.45, 2.75) is 13.0 Å². The zero-order valence-corrected chi connectivity index (χ0v) is 15.8. The third-order valence-corrected chi connectivity index (χ3v) is 6.41. The molecule has 0 saturated carbocycles. The number of hydrogen-bond acceptors (Lipinski definition) is 5. The second kappa shape index (κ2) is 7.43. The van der Waals surface area contributed by atoms with Crippen molar-refractivity contribution in [3.63, 3.8) is 0 Å². The molecule has 1 amide bonds. The van der Waals surface area contributed by atoms with Gasteiger partial charge in [-0.2, -0.15) is 5.10 Å². The number of carbonyl (C=O) groups is 1. The van der Waals surface area contributed by atoms with Crippen LogP contribution in [0.1, 0.15) is 22.3 Å². The maximum atomic E-state index is 12.5. The van der Waals surface area contributed by atoms with Crippen molar-refractivity contribution in [2.24, 2.45) is 0 Å². The topological polar surface area (TPSA) is 97.2 Å². The number of hydrogen-bond donors (Lipinski definition) is 1. The van der Waals surface area contributed by atoms with Crippen molar-refractivity contribution >= 4 is 21.6 Å². The number of nitrogens with zero attached hydrogens (tertiary/aromatic N) is 4. The molecule has 1 aromatic carbocycles. The van der Waals surface area contributed by atoms with Crippen LogP contribution >= 0.6 is 0 Å². The molecule has 1 aliphatic heterocycles. The van der Waals surface area contributed by atoms with E-state index in [0.717, 1.165) is 5.56 Å². The normalized spacial score (nSPS) is 15.5. The van der Waals surface area contributed by atoms with Gasteiger partial charge in [0.15, 0.2) is 5.82 Å². The quantitative estimate of drug-likeness (QED) is 0.707. The van der Waals surface area contributed by atoms with Crippen molar-refractivity contribution in [3.8, 4) is 5.82 Å². The summed E-state index contributed by atoms with van der Waals surface area (Å²) in [5.74, 6) is 0.576. The Morgan fingerprint density at radius 3 is 2.61 bits per heavy atom. The van der Waals surface area contributed by atoms with Crippen LogP contribution in [-0.4, -0.2) is 41.4 Å². The Morgan fingerprint density at radius 2 is 1.93 bits per heavy atom. The highest BCUT2D eigenvalue weighted by atomic mass is 32.2. The highest BCUT2D eigenvalue weighted by Gasteiger charge is 2.28. The van der Waals surface area contributed by atoms with E-state index in [1.165, 1.54) is 4.31 Å². The molecule has 1 aliphatic rings. The Hall–Kier alpha value is -3.20. The number of nitrogens with one attached hydrogen (secondary N) is 1. The minimum Gasteiger partial charge on any atom is -0.348 e. The molecule has 4 rings (SSSR count). The molecule has 0 atom stereocenters. The van der Waals surface area contributed by atoms with E-state index in [1.54, 1.807) is 59.7 Å². The highest BCUT2D eigenvalue weighted by Crippen LogP contribution is 2.24. The van der Waals surface area contributed by atoms with Gasteiger partial charge in [-0.15, -0.1) is 0 Å². The van der Waals surface area contributed by atoms with Gasteiger partial charge in [0.25, 0.3) is 5.91 Å². The summed E-state index contributed by atoms with van der Waals surface area (Å²) in [5, 5.41) is 7.05. The standard InChI is InChI=1S/C19H19N5O3S/c25-19(15-5-7-17(8-6-15)24-12-3-13-28(24,26)27)21-14-16-4-1-9-20-18(16)23-11-2-10-22-23/h1-2,4-11H,3,12-14H2,(H,21,25). The zero-order valence-electron chi connectivity index (χ0n) is 15.0. The lowest BCUT2D eigenvalue weighted by molar-refractivity contribution is 0.0951. The minimum absolute atomic E-state index is 0.166. The van der Waals surface area contributed by atoms with Crippen LogP contribution in [-0.2, 0) is 16.6 Å². The van der Waals surface area contributed by atoms with Crippen LogP contribution < -0.4 is 9.62 Å². The average molecular weight is 397 g/mol. The first-order valence-corrected chi connectivity index (χ1v) is 10.5. The first-order chi connectivity index (χ1) is 13.5. The molecular weight excluding hydrogens is 378 g/mol. The summed E-state index contributed by atoms with van der Waals surface area (Å²) in [5.41, 5.74) is 1.88. The lowest BCUT2D eigenvalue weighted by Crippen LogP contribution is -2.26. The Labute approximate surface area is 162 Å². The summed E-state index contributed by atoms with van der Waals surface area (Å²) in [6, 6.07) is 12.1. The van der Waals surface area contributed by atoms with Gasteiger partial charge in [-0.3, -0.25) is 9.10 Å². The minimum atomic E-state index is -3.23. The number of rotatable bonds is 5. The van der Waals surface area contributed by atoms with Crippen molar-refractivity contribution in [1.29, 1.82) is 0 Å². The summed E-state index contributed by atoms with van der Waals surface area (Å²) < 4.78 is 27.0. The van der Waals surface area contributed by atoms with Crippen LogP contribution in [0.2, 0.25) is 0 Å². The Morgan fingerprint density at radius 1 is 1.11 bits per heavy atom. The van der Waals surface area contributed by atoms with Gasteiger partial charge in [-0.25, -0.2) is 18.1 Å². The Balaban J connectivity index is 1.45. The van der Waals surface area contributed by atoms with Crippen molar-refractivity contribution in [1.82, 2.24) is 20.1 Å². The fourth-order valence-corrected chi connectivity index (χ4v) is 4.72. The number of aromatic nitrogens is 3. The summed E-state index contributed by atoms with van der Waals surface area (Å²) in [4.78, 5) is 16.8. The van der Waals surface area contributed by atoms with Gasteiger partial charge >= 0.3 is 0 Å². The molecule has 9 heteroatoms. The van der Waals surface area contributed by atoms with Gasteiger partial charge in [0.05, 0.1) is 11.4 Å². The smallest absolute Gasteiger partial charge is 0.251 e. The van der Waals surface area contributed by atoms with Crippen LogP contribution in [0.3, 0.4) is 0 Å². The lowest BCUT2D eigenvalue weighted by Gasteiger charge is -2.17. The van der Waals surface area contributed by atoms with Crippen LogP contribution in [0.4, 0.5) is 5.69 Å². The van der Waals surface area contributed by atoms with Crippen LogP contribution in [0, 0.1) is 0 Å². The molecule has 0 aliphatic carbocycles. The second-order valence-electron chi connectivity index (χ2n) is 6.41. The summed E-state index contributed by atoms with van der Waals surface area (Å²) in [6.07, 6.45) is 5.75. The van der Waals surface area contributed by atoms with Gasteiger partial charge in [-0.1, -0.05) is 6.07 Å². The molecule has 2 aromatic heterocycles. The lowest BCUT2D eigenvalue weighted by atomic mass is 10.2. The van der Waals surface area contributed by atoms with Crippen LogP contribution in [0.25, 0.3) is 5.82 Å². The SMILES string of the molecule is O=C(NCc1cccnc1-n1cccn1)c1ccc(N2CCCS2(=O)=O)cc1. The third kappa shape index (κ3) is 3.61. The van der Waals surface area contributed by atoms with Crippen LogP contribution in [0.15, 0.2) is 61.1 Å². The molecular formula is C19H19N5O3S. The van der Waals surface area contributed by atoms with E-state index in [2.05, 4.69) is 15.4 Å². The Bertz CT molecular complexity index is 1080. The van der Waals surface area contributed by atoms with E-state index in [4.69, 9.17) is 0 Å². The fourth-order valence-electron chi connectivity index (χ4n) is 3.15. The predicted molar refractivity (Wildman–Crippen MR) is 105 cm³/mol. The van der Waals surface area contributed by atoms with E-state index >= 15 is 0 Å². The fraction of sp³-hybridized carbons (Fsp3) is 0.211. The monoisotopic (exact) mass is 397 g/mol. The molecule has 1 fully saturated rings. The van der Waals surface area contributed by atoms with Gasteiger partial charge in [0.2, 0.25) is 10.0 Å². The average Bonchev–Trinajstić information content (AvgIpc) is 3.36. The maximum Gasteiger partial charge on any atom is 0.251 e.